The Morgan fingerprint density at radius 1 is 0.586 bits per heavy atom. The lowest BCUT2D eigenvalue weighted by atomic mass is 10.0. The first-order valence-electron chi connectivity index (χ1n) is 24.7. The first-order valence-corrected chi connectivity index (χ1v) is 26.2. The fraction of sp³-hybridized carbons (Fsp3) is 0.898. The van der Waals surface area contributed by atoms with Gasteiger partial charge in [-0.1, -0.05) is 205 Å². The number of nitrogens with one attached hydrogen (secondary N) is 1. The second kappa shape index (κ2) is 41.3. The second-order valence-electron chi connectivity index (χ2n) is 18.2. The fourth-order valence-electron chi connectivity index (χ4n) is 7.21. The third-order valence-electron chi connectivity index (χ3n) is 11.2. The Hall–Kier alpha value is -1.02. The summed E-state index contributed by atoms with van der Waals surface area (Å²) in [5.41, 5.74) is 0. The summed E-state index contributed by atoms with van der Waals surface area (Å²) >= 11 is 0. The minimum atomic E-state index is -4.59. The number of aliphatic hydroxyl groups excluding tert-OH is 1. The largest absolute Gasteiger partial charge is 0.756 e. The Morgan fingerprint density at radius 3 is 1.34 bits per heavy atom. The summed E-state index contributed by atoms with van der Waals surface area (Å²) < 4.78 is 23.3. The number of hydrogen-bond donors (Lipinski definition) is 2. The molecule has 58 heavy (non-hydrogen) atoms. The van der Waals surface area contributed by atoms with Crippen molar-refractivity contribution in [2.75, 3.05) is 40.9 Å². The molecule has 0 aromatic heterocycles. The lowest BCUT2D eigenvalue weighted by molar-refractivity contribution is -0.870. The van der Waals surface area contributed by atoms with E-state index in [-0.39, 0.29) is 19.1 Å². The molecule has 0 fully saturated rings. The topological polar surface area (TPSA) is 108 Å². The number of phosphoric acid groups is 1. The summed E-state index contributed by atoms with van der Waals surface area (Å²) in [4.78, 5) is 25.4. The molecule has 3 atom stereocenters. The molecule has 0 aliphatic carbocycles. The molecule has 0 saturated heterocycles. The summed E-state index contributed by atoms with van der Waals surface area (Å²) in [5.74, 6) is -0.204. The van der Waals surface area contributed by atoms with E-state index in [0.717, 1.165) is 51.4 Å². The maximum absolute atomic E-state index is 12.9. The maximum Gasteiger partial charge on any atom is 0.268 e. The highest BCUT2D eigenvalue weighted by Gasteiger charge is 2.23. The summed E-state index contributed by atoms with van der Waals surface area (Å²) in [6, 6.07) is -0.888. The van der Waals surface area contributed by atoms with Crippen LogP contribution >= 0.6 is 7.82 Å². The maximum atomic E-state index is 12.9. The van der Waals surface area contributed by atoms with Gasteiger partial charge in [-0.25, -0.2) is 0 Å². The second-order valence-corrected chi connectivity index (χ2v) is 19.6. The SMILES string of the molecule is CCCCCCCCC/C=C\CCCCCCCC(=O)NC(COP(=O)([O-])OCC[N+](C)(C)C)C(O)/C=C/CCCCCCCCCCCCCCCCCCCC. The van der Waals surface area contributed by atoms with E-state index < -0.39 is 20.0 Å². The lowest BCUT2D eigenvalue weighted by Gasteiger charge is -2.29. The zero-order chi connectivity index (χ0) is 42.8. The van der Waals surface area contributed by atoms with Gasteiger partial charge in [-0.15, -0.1) is 0 Å². The van der Waals surface area contributed by atoms with Crippen LogP contribution in [0.3, 0.4) is 0 Å². The molecule has 0 aliphatic heterocycles. The van der Waals surface area contributed by atoms with Crippen molar-refractivity contribution < 1.29 is 32.9 Å². The average molecular weight is 841 g/mol. The van der Waals surface area contributed by atoms with Crippen molar-refractivity contribution >= 4 is 13.7 Å². The summed E-state index contributed by atoms with van der Waals surface area (Å²) in [6.45, 7) is 4.66. The molecule has 2 N–H and O–H groups in total. The van der Waals surface area contributed by atoms with E-state index >= 15 is 0 Å². The number of amides is 1. The quantitative estimate of drug-likeness (QED) is 0.0274. The lowest BCUT2D eigenvalue weighted by Crippen LogP contribution is -2.45. The monoisotopic (exact) mass is 841 g/mol. The Morgan fingerprint density at radius 2 is 0.948 bits per heavy atom. The van der Waals surface area contributed by atoms with Crippen molar-refractivity contribution in [3.63, 3.8) is 0 Å². The molecule has 1 amide bonds. The van der Waals surface area contributed by atoms with Crippen molar-refractivity contribution in [3.05, 3.63) is 24.3 Å². The summed E-state index contributed by atoms with van der Waals surface area (Å²) in [7, 11) is 1.26. The van der Waals surface area contributed by atoms with E-state index in [1.165, 1.54) is 161 Å². The predicted molar refractivity (Wildman–Crippen MR) is 247 cm³/mol. The van der Waals surface area contributed by atoms with Crippen LogP contribution in [0.4, 0.5) is 0 Å². The molecule has 9 heteroatoms. The van der Waals surface area contributed by atoms with Crippen LogP contribution in [0.2, 0.25) is 0 Å². The molecule has 3 unspecified atom stereocenters. The van der Waals surface area contributed by atoms with Crippen LogP contribution in [0.25, 0.3) is 0 Å². The molecule has 8 nitrogen and oxygen atoms in total. The first-order chi connectivity index (χ1) is 28.0. The zero-order valence-electron chi connectivity index (χ0n) is 39.0. The molecule has 0 bridgehead atoms. The highest BCUT2D eigenvalue weighted by atomic mass is 31.2. The molecular weight excluding hydrogens is 744 g/mol. The van der Waals surface area contributed by atoms with Crippen molar-refractivity contribution in [3.8, 4) is 0 Å². The molecule has 344 valence electrons. The number of carbonyl (C=O) groups excluding carboxylic acids is 1. The number of quaternary nitrogens is 1. The van der Waals surface area contributed by atoms with E-state index in [1.807, 2.05) is 27.2 Å². The Labute approximate surface area is 360 Å². The summed E-state index contributed by atoms with van der Waals surface area (Å²) in [5, 5.41) is 13.8. The van der Waals surface area contributed by atoms with Gasteiger partial charge in [0.25, 0.3) is 7.82 Å². The van der Waals surface area contributed by atoms with E-state index in [4.69, 9.17) is 9.05 Å². The van der Waals surface area contributed by atoms with Crippen LogP contribution in [-0.2, 0) is 18.4 Å². The molecule has 0 spiro atoms. The van der Waals surface area contributed by atoms with Crippen LogP contribution in [0.1, 0.15) is 232 Å². The third-order valence-corrected chi connectivity index (χ3v) is 12.1. The van der Waals surface area contributed by atoms with Crippen LogP contribution in [0.5, 0.6) is 0 Å². The fourth-order valence-corrected chi connectivity index (χ4v) is 7.93. The van der Waals surface area contributed by atoms with Crippen molar-refractivity contribution in [2.45, 2.75) is 244 Å². The van der Waals surface area contributed by atoms with Gasteiger partial charge >= 0.3 is 0 Å². The number of nitrogens with zero attached hydrogens (tertiary/aromatic N) is 1. The van der Waals surface area contributed by atoms with Gasteiger partial charge in [-0.05, 0) is 44.9 Å². The smallest absolute Gasteiger partial charge is 0.268 e. The number of aliphatic hydroxyl groups is 1. The number of carbonyl (C=O) groups is 1. The van der Waals surface area contributed by atoms with E-state index in [0.29, 0.717) is 17.4 Å². The predicted octanol–water partition coefficient (Wildman–Crippen LogP) is 13.5. The van der Waals surface area contributed by atoms with Crippen molar-refractivity contribution in [1.29, 1.82) is 0 Å². The highest BCUT2D eigenvalue weighted by Crippen LogP contribution is 2.38. The molecular formula is C49H97N2O6P. The van der Waals surface area contributed by atoms with Gasteiger partial charge in [-0.3, -0.25) is 9.36 Å². The Kier molecular flexibility index (Phi) is 40.6. The standard InChI is InChI=1S/C49H97N2O6P/c1-6-8-10-12-14-16-18-20-22-24-25-26-27-28-30-32-34-36-38-40-42-48(52)47(46-57-58(54,55)56-45-44-51(3,4)5)50-49(53)43-41-39-37-35-33-31-29-23-21-19-17-15-13-11-9-7-2/h23,29,40,42,47-48,52H,6-22,24-28,30-39,41,43-46H2,1-5H3,(H-,50,53,54,55)/b29-23-,42-40+. The number of unbranched alkanes of at least 4 members (excludes halogenated alkanes) is 30. The number of phosphoric ester groups is 1. The van der Waals surface area contributed by atoms with Gasteiger partial charge in [-0.2, -0.15) is 0 Å². The molecule has 0 radical (unpaired) electrons. The molecule has 0 aromatic carbocycles. The molecule has 0 saturated carbocycles. The molecule has 0 aliphatic rings. The van der Waals surface area contributed by atoms with Crippen molar-refractivity contribution in [2.24, 2.45) is 0 Å². The Balaban J connectivity index is 4.35. The van der Waals surface area contributed by atoms with Gasteiger partial charge < -0.3 is 28.8 Å². The minimum absolute atomic E-state index is 0.00129. The van der Waals surface area contributed by atoms with E-state index in [2.05, 4.69) is 31.3 Å². The molecule has 0 aromatic rings. The van der Waals surface area contributed by atoms with Crippen LogP contribution in [-0.4, -0.2) is 68.5 Å². The van der Waals surface area contributed by atoms with Gasteiger partial charge in [0.2, 0.25) is 5.91 Å². The molecule has 0 rings (SSSR count). The number of hydrogen-bond acceptors (Lipinski definition) is 6. The summed E-state index contributed by atoms with van der Waals surface area (Å²) in [6.07, 6.45) is 49.4. The van der Waals surface area contributed by atoms with Gasteiger partial charge in [0.1, 0.15) is 13.2 Å². The zero-order valence-corrected chi connectivity index (χ0v) is 39.9. The van der Waals surface area contributed by atoms with E-state index in [1.54, 1.807) is 6.08 Å². The van der Waals surface area contributed by atoms with Gasteiger partial charge in [0, 0.05) is 6.42 Å². The average Bonchev–Trinajstić information content (AvgIpc) is 3.17. The third kappa shape index (κ3) is 43.1. The van der Waals surface area contributed by atoms with Crippen LogP contribution in [0, 0.1) is 0 Å². The van der Waals surface area contributed by atoms with Gasteiger partial charge in [0.05, 0.1) is 39.9 Å². The van der Waals surface area contributed by atoms with Crippen LogP contribution in [0.15, 0.2) is 24.3 Å². The number of rotatable bonds is 45. The first kappa shape index (κ1) is 57.0. The number of likely N-dealkylation sites (N-methyl/N-ethyl adjacent to an activating group) is 1. The van der Waals surface area contributed by atoms with E-state index in [9.17, 15) is 19.4 Å². The minimum Gasteiger partial charge on any atom is -0.756 e. The number of allylic oxidation sites excluding steroid dienone is 3. The van der Waals surface area contributed by atoms with Crippen molar-refractivity contribution in [1.82, 2.24) is 5.32 Å². The van der Waals surface area contributed by atoms with Crippen LogP contribution < -0.4 is 10.2 Å². The Bertz CT molecular complexity index is 1000. The molecule has 0 heterocycles. The highest BCUT2D eigenvalue weighted by molar-refractivity contribution is 7.45. The van der Waals surface area contributed by atoms with Gasteiger partial charge in [0.15, 0.2) is 0 Å². The normalized spacial score (nSPS) is 14.4.